The maximum absolute atomic E-state index is 10.7. The van der Waals surface area contributed by atoms with Crippen molar-refractivity contribution < 1.29 is 9.53 Å². The van der Waals surface area contributed by atoms with E-state index in [2.05, 4.69) is 13.8 Å². The molecule has 0 aromatic carbocycles. The first-order valence-electron chi connectivity index (χ1n) is 4.57. The average molecular weight is 186 g/mol. The molecule has 4 nitrogen and oxygen atoms in total. The molecule has 0 bridgehead atoms. The summed E-state index contributed by atoms with van der Waals surface area (Å²) in [5.41, 5.74) is 10.8. The van der Waals surface area contributed by atoms with Gasteiger partial charge >= 0.3 is 0 Å². The van der Waals surface area contributed by atoms with Gasteiger partial charge in [0.2, 0.25) is 5.91 Å². The largest absolute Gasteiger partial charge is 0.378 e. The molecule has 0 saturated carbocycles. The third-order valence-electron chi connectivity index (χ3n) is 2.37. The molecular formula is C9H18N2O2. The predicted molar refractivity (Wildman–Crippen MR) is 49.9 cm³/mol. The Bertz CT molecular complexity index is 204. The highest BCUT2D eigenvalue weighted by molar-refractivity contribution is 5.79. The standard InChI is InChI=1S/C9H18N2O2/c1-9(2)4-6(13-5-9)3-7(10)8(11)12/h6-7H,3-5,10H2,1-2H3,(H2,11,12). The molecule has 0 radical (unpaired) electrons. The molecule has 1 saturated heterocycles. The number of carbonyl (C=O) groups excluding carboxylic acids is 1. The summed E-state index contributed by atoms with van der Waals surface area (Å²) >= 11 is 0. The van der Waals surface area contributed by atoms with Gasteiger partial charge in [0.15, 0.2) is 0 Å². The molecule has 1 heterocycles. The van der Waals surface area contributed by atoms with Gasteiger partial charge in [0.1, 0.15) is 0 Å². The number of hydrogen-bond donors (Lipinski definition) is 2. The molecule has 0 aromatic rings. The molecule has 0 aliphatic carbocycles. The SMILES string of the molecule is CC1(C)COC(CC(N)C(N)=O)C1. The third kappa shape index (κ3) is 2.97. The van der Waals surface area contributed by atoms with Crippen molar-refractivity contribution in [3.63, 3.8) is 0 Å². The van der Waals surface area contributed by atoms with Crippen molar-refractivity contribution in [2.24, 2.45) is 16.9 Å². The van der Waals surface area contributed by atoms with E-state index in [-0.39, 0.29) is 11.5 Å². The topological polar surface area (TPSA) is 78.3 Å². The Morgan fingerprint density at radius 1 is 1.69 bits per heavy atom. The Morgan fingerprint density at radius 2 is 2.31 bits per heavy atom. The summed E-state index contributed by atoms with van der Waals surface area (Å²) < 4.78 is 5.50. The van der Waals surface area contributed by atoms with Gasteiger partial charge in [-0.05, 0) is 18.3 Å². The highest BCUT2D eigenvalue weighted by Gasteiger charge is 2.33. The number of hydrogen-bond acceptors (Lipinski definition) is 3. The number of amides is 1. The zero-order valence-electron chi connectivity index (χ0n) is 8.25. The summed E-state index contributed by atoms with van der Waals surface area (Å²) in [7, 11) is 0. The van der Waals surface area contributed by atoms with Crippen molar-refractivity contribution in [1.82, 2.24) is 0 Å². The Balaban J connectivity index is 2.36. The summed E-state index contributed by atoms with van der Waals surface area (Å²) in [6, 6.07) is -0.570. The van der Waals surface area contributed by atoms with Crippen LogP contribution in [-0.4, -0.2) is 24.7 Å². The minimum Gasteiger partial charge on any atom is -0.378 e. The smallest absolute Gasteiger partial charge is 0.234 e. The van der Waals surface area contributed by atoms with Gasteiger partial charge in [-0.15, -0.1) is 0 Å². The molecule has 13 heavy (non-hydrogen) atoms. The molecule has 1 fully saturated rings. The second-order valence-corrected chi connectivity index (χ2v) is 4.55. The molecule has 1 rings (SSSR count). The van der Waals surface area contributed by atoms with Gasteiger partial charge in [0.05, 0.1) is 18.8 Å². The zero-order valence-corrected chi connectivity index (χ0v) is 8.25. The maximum atomic E-state index is 10.7. The van der Waals surface area contributed by atoms with Crippen molar-refractivity contribution in [2.45, 2.75) is 38.8 Å². The number of rotatable bonds is 3. The van der Waals surface area contributed by atoms with E-state index in [1.54, 1.807) is 0 Å². The van der Waals surface area contributed by atoms with Crippen LogP contribution in [0.3, 0.4) is 0 Å². The molecule has 76 valence electrons. The first-order valence-corrected chi connectivity index (χ1v) is 4.57. The Labute approximate surface area is 78.6 Å². The average Bonchev–Trinajstić information content (AvgIpc) is 2.30. The summed E-state index contributed by atoms with van der Waals surface area (Å²) in [5.74, 6) is -0.451. The van der Waals surface area contributed by atoms with E-state index in [0.717, 1.165) is 13.0 Å². The van der Waals surface area contributed by atoms with Crippen LogP contribution >= 0.6 is 0 Å². The summed E-state index contributed by atoms with van der Waals surface area (Å²) in [6.07, 6.45) is 1.59. The highest BCUT2D eigenvalue weighted by Crippen LogP contribution is 2.32. The molecule has 1 aliphatic rings. The van der Waals surface area contributed by atoms with Crippen molar-refractivity contribution in [3.8, 4) is 0 Å². The monoisotopic (exact) mass is 186 g/mol. The fourth-order valence-electron chi connectivity index (χ4n) is 1.63. The van der Waals surface area contributed by atoms with E-state index >= 15 is 0 Å². The van der Waals surface area contributed by atoms with Gasteiger partial charge < -0.3 is 16.2 Å². The van der Waals surface area contributed by atoms with Crippen molar-refractivity contribution in [3.05, 3.63) is 0 Å². The first kappa shape index (κ1) is 10.5. The van der Waals surface area contributed by atoms with Gasteiger partial charge in [0, 0.05) is 0 Å². The predicted octanol–water partition coefficient (Wildman–Crippen LogP) is 0.00420. The Kier molecular flexibility index (Phi) is 2.93. The van der Waals surface area contributed by atoms with Gasteiger partial charge in [-0.1, -0.05) is 13.8 Å². The highest BCUT2D eigenvalue weighted by atomic mass is 16.5. The number of ether oxygens (including phenoxy) is 1. The summed E-state index contributed by atoms with van der Waals surface area (Å²) in [5, 5.41) is 0. The summed E-state index contributed by atoms with van der Waals surface area (Å²) in [6.45, 7) is 5.02. The minimum absolute atomic E-state index is 0.0949. The molecule has 1 aliphatic heterocycles. The fourth-order valence-corrected chi connectivity index (χ4v) is 1.63. The Hall–Kier alpha value is -0.610. The molecule has 2 unspecified atom stereocenters. The lowest BCUT2D eigenvalue weighted by atomic mass is 9.89. The quantitative estimate of drug-likeness (QED) is 0.651. The lowest BCUT2D eigenvalue weighted by Crippen LogP contribution is -2.39. The van der Waals surface area contributed by atoms with Crippen molar-refractivity contribution in [1.29, 1.82) is 0 Å². The van der Waals surface area contributed by atoms with Crippen LogP contribution in [0.5, 0.6) is 0 Å². The van der Waals surface area contributed by atoms with E-state index in [1.807, 2.05) is 0 Å². The Morgan fingerprint density at radius 3 is 2.69 bits per heavy atom. The molecule has 0 aromatic heterocycles. The number of nitrogens with two attached hydrogens (primary N) is 2. The van der Waals surface area contributed by atoms with Crippen molar-refractivity contribution in [2.75, 3.05) is 6.61 Å². The van der Waals surface area contributed by atoms with E-state index in [1.165, 1.54) is 0 Å². The van der Waals surface area contributed by atoms with E-state index < -0.39 is 11.9 Å². The molecule has 0 spiro atoms. The van der Waals surface area contributed by atoms with Crippen LogP contribution in [0.4, 0.5) is 0 Å². The van der Waals surface area contributed by atoms with Crippen LogP contribution in [0.15, 0.2) is 0 Å². The molecule has 4 N–H and O–H groups in total. The van der Waals surface area contributed by atoms with Gasteiger partial charge in [-0.3, -0.25) is 4.79 Å². The van der Waals surface area contributed by atoms with Crippen LogP contribution < -0.4 is 11.5 Å². The fraction of sp³-hybridized carbons (Fsp3) is 0.889. The third-order valence-corrected chi connectivity index (χ3v) is 2.37. The maximum Gasteiger partial charge on any atom is 0.234 e. The van der Waals surface area contributed by atoms with Crippen LogP contribution in [0.2, 0.25) is 0 Å². The van der Waals surface area contributed by atoms with Gasteiger partial charge in [0.25, 0.3) is 0 Å². The zero-order chi connectivity index (χ0) is 10.1. The molecule has 1 amide bonds. The van der Waals surface area contributed by atoms with Gasteiger partial charge in [-0.2, -0.15) is 0 Å². The van der Waals surface area contributed by atoms with E-state index in [9.17, 15) is 4.79 Å². The molecule has 2 atom stereocenters. The van der Waals surface area contributed by atoms with Gasteiger partial charge in [-0.25, -0.2) is 0 Å². The lowest BCUT2D eigenvalue weighted by molar-refractivity contribution is -0.120. The van der Waals surface area contributed by atoms with Crippen LogP contribution in [0, 0.1) is 5.41 Å². The van der Waals surface area contributed by atoms with Crippen LogP contribution in [0.25, 0.3) is 0 Å². The van der Waals surface area contributed by atoms with Crippen LogP contribution in [-0.2, 0) is 9.53 Å². The number of carbonyl (C=O) groups is 1. The van der Waals surface area contributed by atoms with Crippen molar-refractivity contribution >= 4 is 5.91 Å². The van der Waals surface area contributed by atoms with Crippen LogP contribution in [0.1, 0.15) is 26.7 Å². The van der Waals surface area contributed by atoms with E-state index in [4.69, 9.17) is 16.2 Å². The number of primary amides is 1. The minimum atomic E-state index is -0.570. The second-order valence-electron chi connectivity index (χ2n) is 4.55. The first-order chi connectivity index (χ1) is 5.91. The second kappa shape index (κ2) is 3.64. The molecular weight excluding hydrogens is 168 g/mol. The molecule has 4 heteroatoms. The van der Waals surface area contributed by atoms with E-state index in [0.29, 0.717) is 6.42 Å². The summed E-state index contributed by atoms with van der Waals surface area (Å²) in [4.78, 5) is 10.7. The lowest BCUT2D eigenvalue weighted by Gasteiger charge is -2.15. The normalized spacial score (nSPS) is 28.7.